The highest BCUT2D eigenvalue weighted by Gasteiger charge is 2.31. The molecule has 0 spiro atoms. The maximum absolute atomic E-state index is 13.1. The minimum Gasteiger partial charge on any atom is -0.333 e. The van der Waals surface area contributed by atoms with Crippen molar-refractivity contribution in [3.8, 4) is 0 Å². The highest BCUT2D eigenvalue weighted by atomic mass is 35.5. The van der Waals surface area contributed by atoms with Crippen LogP contribution in [0.1, 0.15) is 12.0 Å². The fourth-order valence-corrected chi connectivity index (χ4v) is 2.89. The summed E-state index contributed by atoms with van der Waals surface area (Å²) in [6.45, 7) is 2.38. The maximum atomic E-state index is 13.1. The average Bonchev–Trinajstić information content (AvgIpc) is 2.92. The number of amides is 3. The summed E-state index contributed by atoms with van der Waals surface area (Å²) in [5.41, 5.74) is 2.30. The van der Waals surface area contributed by atoms with E-state index in [-0.39, 0.29) is 23.4 Å². The van der Waals surface area contributed by atoms with Crippen LogP contribution in [-0.2, 0) is 4.79 Å². The number of hydrogen-bond donors (Lipinski definition) is 2. The van der Waals surface area contributed by atoms with Crippen LogP contribution in [0, 0.1) is 12.7 Å². The second-order valence-electron chi connectivity index (χ2n) is 5.97. The van der Waals surface area contributed by atoms with Crippen LogP contribution >= 0.6 is 11.6 Å². The zero-order valence-corrected chi connectivity index (χ0v) is 14.3. The molecule has 1 heterocycles. The van der Waals surface area contributed by atoms with Crippen molar-refractivity contribution in [2.24, 2.45) is 0 Å². The van der Waals surface area contributed by atoms with E-state index in [9.17, 15) is 14.0 Å². The number of aryl methyl sites for hydroxylation is 1. The number of urea groups is 1. The van der Waals surface area contributed by atoms with Crippen LogP contribution in [0.3, 0.4) is 0 Å². The molecule has 1 unspecified atom stereocenters. The molecule has 1 fully saturated rings. The molecule has 1 atom stereocenters. The lowest BCUT2D eigenvalue weighted by Crippen LogP contribution is -2.39. The molecule has 2 aromatic carbocycles. The highest BCUT2D eigenvalue weighted by Crippen LogP contribution is 2.22. The van der Waals surface area contributed by atoms with E-state index in [4.69, 9.17) is 11.6 Å². The van der Waals surface area contributed by atoms with Gasteiger partial charge in [0.2, 0.25) is 5.91 Å². The number of halogens is 2. The van der Waals surface area contributed by atoms with Crippen molar-refractivity contribution < 1.29 is 14.0 Å². The van der Waals surface area contributed by atoms with Gasteiger partial charge >= 0.3 is 6.03 Å². The predicted octanol–water partition coefficient (Wildman–Crippen LogP) is 3.71. The van der Waals surface area contributed by atoms with Crippen LogP contribution in [0.4, 0.5) is 20.6 Å². The van der Waals surface area contributed by atoms with E-state index in [1.54, 1.807) is 4.90 Å². The van der Waals surface area contributed by atoms with E-state index in [1.165, 1.54) is 18.2 Å². The molecule has 1 aliphatic heterocycles. The molecule has 3 amide bonds. The second kappa shape index (κ2) is 7.11. The van der Waals surface area contributed by atoms with Gasteiger partial charge in [0.1, 0.15) is 5.82 Å². The summed E-state index contributed by atoms with van der Waals surface area (Å²) in [7, 11) is 0. The first-order valence-electron chi connectivity index (χ1n) is 7.82. The molecule has 1 aliphatic rings. The van der Waals surface area contributed by atoms with E-state index < -0.39 is 11.8 Å². The summed E-state index contributed by atoms with van der Waals surface area (Å²) in [4.78, 5) is 25.9. The van der Waals surface area contributed by atoms with Gasteiger partial charge in [0.25, 0.3) is 0 Å². The third-order valence-electron chi connectivity index (χ3n) is 3.98. The van der Waals surface area contributed by atoms with Gasteiger partial charge in [-0.3, -0.25) is 4.79 Å². The van der Waals surface area contributed by atoms with Crippen LogP contribution in [0.25, 0.3) is 0 Å². The first kappa shape index (κ1) is 17.2. The number of nitrogens with one attached hydrogen (secondary N) is 2. The van der Waals surface area contributed by atoms with Crippen LogP contribution in [0.2, 0.25) is 5.02 Å². The molecule has 130 valence electrons. The highest BCUT2D eigenvalue weighted by molar-refractivity contribution is 6.31. The fourth-order valence-electron chi connectivity index (χ4n) is 2.70. The van der Waals surface area contributed by atoms with Gasteiger partial charge < -0.3 is 15.5 Å². The molecule has 2 N–H and O–H groups in total. The third kappa shape index (κ3) is 4.09. The Hall–Kier alpha value is -2.60. The quantitative estimate of drug-likeness (QED) is 0.875. The summed E-state index contributed by atoms with van der Waals surface area (Å²) in [5, 5.41) is 5.27. The van der Waals surface area contributed by atoms with Crippen molar-refractivity contribution in [3.63, 3.8) is 0 Å². The van der Waals surface area contributed by atoms with Gasteiger partial charge in [-0.25, -0.2) is 9.18 Å². The Morgan fingerprint density at radius 2 is 1.96 bits per heavy atom. The molecule has 25 heavy (non-hydrogen) atoms. The van der Waals surface area contributed by atoms with Gasteiger partial charge in [0, 0.05) is 24.3 Å². The molecular formula is C18H17ClFN3O2. The third-order valence-corrected chi connectivity index (χ3v) is 4.27. The van der Waals surface area contributed by atoms with Crippen molar-refractivity contribution >= 4 is 34.9 Å². The standard InChI is InChI=1S/C18H17ClFN3O2/c1-11-2-5-14(6-3-11)23-10-13(9-17(23)24)22-18(25)21-12-4-7-16(20)15(19)8-12/h2-8,13H,9-10H2,1H3,(H2,21,22,25). The van der Waals surface area contributed by atoms with Gasteiger partial charge in [0.05, 0.1) is 11.1 Å². The van der Waals surface area contributed by atoms with Crippen molar-refractivity contribution in [1.29, 1.82) is 0 Å². The van der Waals surface area contributed by atoms with Gasteiger partial charge in [-0.2, -0.15) is 0 Å². The van der Waals surface area contributed by atoms with E-state index in [2.05, 4.69) is 10.6 Å². The zero-order chi connectivity index (χ0) is 18.0. The number of rotatable bonds is 3. The van der Waals surface area contributed by atoms with Crippen molar-refractivity contribution in [1.82, 2.24) is 5.32 Å². The second-order valence-corrected chi connectivity index (χ2v) is 6.38. The smallest absolute Gasteiger partial charge is 0.319 e. The molecule has 0 bridgehead atoms. The summed E-state index contributed by atoms with van der Waals surface area (Å²) < 4.78 is 13.1. The molecule has 7 heteroatoms. The van der Waals surface area contributed by atoms with Crippen molar-refractivity contribution in [3.05, 3.63) is 58.9 Å². The molecule has 3 rings (SSSR count). The SMILES string of the molecule is Cc1ccc(N2CC(NC(=O)Nc3ccc(F)c(Cl)c3)CC2=O)cc1. The van der Waals surface area contributed by atoms with Crippen LogP contribution in [0.5, 0.6) is 0 Å². The average molecular weight is 362 g/mol. The Morgan fingerprint density at radius 3 is 2.64 bits per heavy atom. The Balaban J connectivity index is 1.60. The van der Waals surface area contributed by atoms with Gasteiger partial charge in [-0.15, -0.1) is 0 Å². The summed E-state index contributed by atoms with van der Waals surface area (Å²) in [5.74, 6) is -0.596. The number of benzene rings is 2. The van der Waals surface area contributed by atoms with Gasteiger partial charge in [-0.1, -0.05) is 29.3 Å². The number of anilines is 2. The Labute approximate surface area is 149 Å². The summed E-state index contributed by atoms with van der Waals surface area (Å²) in [6, 6.07) is 10.8. The topological polar surface area (TPSA) is 61.4 Å². The van der Waals surface area contributed by atoms with Crippen molar-refractivity contribution in [2.75, 3.05) is 16.8 Å². The van der Waals surface area contributed by atoms with Gasteiger partial charge in [0.15, 0.2) is 0 Å². The molecule has 0 aromatic heterocycles. The molecular weight excluding hydrogens is 345 g/mol. The molecule has 0 saturated carbocycles. The normalized spacial score (nSPS) is 16.8. The Kier molecular flexibility index (Phi) is 4.90. The number of hydrogen-bond acceptors (Lipinski definition) is 2. The lowest BCUT2D eigenvalue weighted by atomic mass is 10.2. The first-order chi connectivity index (χ1) is 11.9. The lowest BCUT2D eigenvalue weighted by Gasteiger charge is -2.17. The molecule has 0 aliphatic carbocycles. The molecule has 0 radical (unpaired) electrons. The number of nitrogens with zero attached hydrogens (tertiary/aromatic N) is 1. The monoisotopic (exact) mass is 361 g/mol. The minimum atomic E-state index is -0.553. The van der Waals surface area contributed by atoms with E-state index >= 15 is 0 Å². The Morgan fingerprint density at radius 1 is 1.24 bits per heavy atom. The minimum absolute atomic E-state index is 0.0426. The number of carbonyl (C=O) groups is 2. The molecule has 5 nitrogen and oxygen atoms in total. The first-order valence-corrected chi connectivity index (χ1v) is 8.20. The fraction of sp³-hybridized carbons (Fsp3) is 0.222. The van der Waals surface area contributed by atoms with E-state index in [0.29, 0.717) is 12.2 Å². The summed E-state index contributed by atoms with van der Waals surface area (Å²) in [6.07, 6.45) is 0.228. The summed E-state index contributed by atoms with van der Waals surface area (Å²) >= 11 is 5.69. The van der Waals surface area contributed by atoms with Gasteiger partial charge in [-0.05, 0) is 37.3 Å². The van der Waals surface area contributed by atoms with Crippen LogP contribution in [-0.4, -0.2) is 24.5 Å². The molecule has 2 aromatic rings. The van der Waals surface area contributed by atoms with Crippen LogP contribution in [0.15, 0.2) is 42.5 Å². The maximum Gasteiger partial charge on any atom is 0.319 e. The van der Waals surface area contributed by atoms with Crippen LogP contribution < -0.4 is 15.5 Å². The largest absolute Gasteiger partial charge is 0.333 e. The van der Waals surface area contributed by atoms with E-state index in [0.717, 1.165) is 11.3 Å². The molecule has 1 saturated heterocycles. The van der Waals surface area contributed by atoms with Crippen molar-refractivity contribution in [2.45, 2.75) is 19.4 Å². The predicted molar refractivity (Wildman–Crippen MR) is 95.5 cm³/mol. The lowest BCUT2D eigenvalue weighted by molar-refractivity contribution is -0.117. The van der Waals surface area contributed by atoms with E-state index in [1.807, 2.05) is 31.2 Å². The zero-order valence-electron chi connectivity index (χ0n) is 13.6. The number of carbonyl (C=O) groups excluding carboxylic acids is 2. The Bertz CT molecular complexity index is 810.